The van der Waals surface area contributed by atoms with Gasteiger partial charge in [-0.15, -0.1) is 0 Å². The Morgan fingerprint density at radius 1 is 1.23 bits per heavy atom. The van der Waals surface area contributed by atoms with Crippen molar-refractivity contribution < 1.29 is 10.2 Å². The van der Waals surface area contributed by atoms with Gasteiger partial charge in [-0.25, -0.2) is 0 Å². The number of aliphatic hydroxyl groups excluding tert-OH is 2. The van der Waals surface area contributed by atoms with E-state index in [-0.39, 0.29) is 0 Å². The Morgan fingerprint density at radius 3 is 2.62 bits per heavy atom. The number of β-amino-alcohol motifs (C(OH)–C–C–N with tert-alkyl or cyclic N) is 1. The second-order valence-electron chi connectivity index (χ2n) is 3.97. The lowest BCUT2D eigenvalue weighted by Crippen LogP contribution is -2.49. The summed E-state index contributed by atoms with van der Waals surface area (Å²) in [6.45, 7) is 2.73. The Bertz CT molecular complexity index is 141. The lowest BCUT2D eigenvalue weighted by molar-refractivity contribution is -0.0131. The van der Waals surface area contributed by atoms with Crippen molar-refractivity contribution in [3.63, 3.8) is 0 Å². The predicted octanol–water partition coefficient (Wildman–Crippen LogP) is 0.650. The Labute approximate surface area is 80.2 Å². The van der Waals surface area contributed by atoms with Crippen molar-refractivity contribution in [1.29, 1.82) is 0 Å². The molecule has 0 amide bonds. The van der Waals surface area contributed by atoms with E-state index in [1.165, 1.54) is 19.3 Å². The zero-order valence-electron chi connectivity index (χ0n) is 8.37. The van der Waals surface area contributed by atoms with E-state index in [0.717, 1.165) is 6.42 Å². The normalized spacial score (nSPS) is 34.8. The third-order valence-corrected chi connectivity index (χ3v) is 2.74. The van der Waals surface area contributed by atoms with Crippen LogP contribution < -0.4 is 5.32 Å². The number of aliphatic hydroxyl groups is 2. The average molecular weight is 187 g/mol. The molecule has 13 heavy (non-hydrogen) atoms. The molecule has 3 N–H and O–H groups in total. The van der Waals surface area contributed by atoms with E-state index in [4.69, 9.17) is 0 Å². The summed E-state index contributed by atoms with van der Waals surface area (Å²) in [6.07, 6.45) is 4.45. The molecule has 0 spiro atoms. The molecule has 1 saturated heterocycles. The van der Waals surface area contributed by atoms with Gasteiger partial charge < -0.3 is 15.5 Å². The van der Waals surface area contributed by atoms with Crippen molar-refractivity contribution in [3.8, 4) is 0 Å². The standard InChI is InChI=1S/C10H21NO2/c1-2-3-4-5-8-6-9(12)10(13)7-11-8/h8-13H,2-7H2,1H3. The summed E-state index contributed by atoms with van der Waals surface area (Å²) in [5.74, 6) is 0. The van der Waals surface area contributed by atoms with Gasteiger partial charge in [0.05, 0.1) is 12.2 Å². The van der Waals surface area contributed by atoms with Crippen LogP contribution in [-0.2, 0) is 0 Å². The van der Waals surface area contributed by atoms with Gasteiger partial charge in [-0.05, 0) is 12.8 Å². The van der Waals surface area contributed by atoms with Gasteiger partial charge in [0.1, 0.15) is 0 Å². The number of unbranched alkanes of at least 4 members (excludes halogenated alkanes) is 2. The van der Waals surface area contributed by atoms with E-state index in [0.29, 0.717) is 19.0 Å². The van der Waals surface area contributed by atoms with Crippen molar-refractivity contribution in [2.24, 2.45) is 0 Å². The van der Waals surface area contributed by atoms with Gasteiger partial charge in [0.15, 0.2) is 0 Å². The van der Waals surface area contributed by atoms with E-state index in [9.17, 15) is 10.2 Å². The maximum absolute atomic E-state index is 9.41. The molecule has 3 atom stereocenters. The molecule has 1 rings (SSSR count). The van der Waals surface area contributed by atoms with Gasteiger partial charge in [0.25, 0.3) is 0 Å². The number of rotatable bonds is 4. The fraction of sp³-hybridized carbons (Fsp3) is 1.00. The molecule has 1 fully saturated rings. The zero-order valence-corrected chi connectivity index (χ0v) is 8.37. The minimum atomic E-state index is -0.567. The first-order valence-electron chi connectivity index (χ1n) is 5.33. The van der Waals surface area contributed by atoms with Crippen molar-refractivity contribution in [2.45, 2.75) is 57.3 Å². The molecular weight excluding hydrogens is 166 g/mol. The van der Waals surface area contributed by atoms with Crippen molar-refractivity contribution in [3.05, 3.63) is 0 Å². The summed E-state index contributed by atoms with van der Waals surface area (Å²) in [5, 5.41) is 21.9. The maximum Gasteiger partial charge on any atom is 0.0923 e. The molecule has 78 valence electrons. The first kappa shape index (κ1) is 11.0. The Hall–Kier alpha value is -0.120. The van der Waals surface area contributed by atoms with E-state index < -0.39 is 12.2 Å². The largest absolute Gasteiger partial charge is 0.390 e. The van der Waals surface area contributed by atoms with Gasteiger partial charge in [0.2, 0.25) is 0 Å². The van der Waals surface area contributed by atoms with E-state index in [1.807, 2.05) is 0 Å². The van der Waals surface area contributed by atoms with Crippen LogP contribution in [0.3, 0.4) is 0 Å². The second-order valence-corrected chi connectivity index (χ2v) is 3.97. The molecule has 1 aliphatic rings. The summed E-state index contributed by atoms with van der Waals surface area (Å²) in [5.41, 5.74) is 0. The summed E-state index contributed by atoms with van der Waals surface area (Å²) in [4.78, 5) is 0. The topological polar surface area (TPSA) is 52.5 Å². The number of piperidine rings is 1. The molecule has 0 aliphatic carbocycles. The Balaban J connectivity index is 2.14. The van der Waals surface area contributed by atoms with Crippen LogP contribution in [0.5, 0.6) is 0 Å². The van der Waals surface area contributed by atoms with Gasteiger partial charge in [-0.3, -0.25) is 0 Å². The number of hydrogen-bond donors (Lipinski definition) is 3. The first-order chi connectivity index (χ1) is 6.24. The van der Waals surface area contributed by atoms with Crippen LogP contribution in [0.2, 0.25) is 0 Å². The van der Waals surface area contributed by atoms with Crippen molar-refractivity contribution in [2.75, 3.05) is 6.54 Å². The fourth-order valence-electron chi connectivity index (χ4n) is 1.82. The van der Waals surface area contributed by atoms with Crippen LogP contribution in [0, 0.1) is 0 Å². The molecule has 1 heterocycles. The summed E-state index contributed by atoms with van der Waals surface area (Å²) in [6, 6.07) is 0.407. The minimum Gasteiger partial charge on any atom is -0.390 e. The monoisotopic (exact) mass is 187 g/mol. The van der Waals surface area contributed by atoms with Crippen molar-refractivity contribution >= 4 is 0 Å². The van der Waals surface area contributed by atoms with Crippen LogP contribution >= 0.6 is 0 Å². The molecule has 0 aromatic heterocycles. The van der Waals surface area contributed by atoms with Gasteiger partial charge >= 0.3 is 0 Å². The molecular formula is C10H21NO2. The van der Waals surface area contributed by atoms with E-state index in [2.05, 4.69) is 12.2 Å². The van der Waals surface area contributed by atoms with Crippen LogP contribution in [0.1, 0.15) is 39.0 Å². The van der Waals surface area contributed by atoms with Crippen LogP contribution in [0.25, 0.3) is 0 Å². The highest BCUT2D eigenvalue weighted by atomic mass is 16.3. The third kappa shape index (κ3) is 3.63. The van der Waals surface area contributed by atoms with Gasteiger partial charge in [-0.1, -0.05) is 26.2 Å². The lowest BCUT2D eigenvalue weighted by Gasteiger charge is -2.31. The summed E-state index contributed by atoms with van der Waals surface area (Å²) >= 11 is 0. The molecule has 3 unspecified atom stereocenters. The zero-order chi connectivity index (χ0) is 9.68. The predicted molar refractivity (Wildman–Crippen MR) is 52.6 cm³/mol. The molecule has 0 aromatic carbocycles. The van der Waals surface area contributed by atoms with Crippen LogP contribution in [-0.4, -0.2) is 35.0 Å². The average Bonchev–Trinajstić information content (AvgIpc) is 2.12. The molecule has 0 saturated carbocycles. The number of hydrogen-bond acceptors (Lipinski definition) is 3. The molecule has 3 nitrogen and oxygen atoms in total. The highest BCUT2D eigenvalue weighted by Gasteiger charge is 2.26. The SMILES string of the molecule is CCCCCC1CC(O)C(O)CN1. The summed E-state index contributed by atoms with van der Waals surface area (Å²) < 4.78 is 0. The van der Waals surface area contributed by atoms with Crippen LogP contribution in [0.15, 0.2) is 0 Å². The molecule has 0 bridgehead atoms. The van der Waals surface area contributed by atoms with E-state index >= 15 is 0 Å². The minimum absolute atomic E-state index is 0.407. The highest BCUT2D eigenvalue weighted by Crippen LogP contribution is 2.14. The maximum atomic E-state index is 9.41. The van der Waals surface area contributed by atoms with Gasteiger partial charge in [-0.2, -0.15) is 0 Å². The molecule has 0 aromatic rings. The highest BCUT2D eigenvalue weighted by molar-refractivity contribution is 4.83. The first-order valence-corrected chi connectivity index (χ1v) is 5.33. The smallest absolute Gasteiger partial charge is 0.0923 e. The second kappa shape index (κ2) is 5.58. The Morgan fingerprint density at radius 2 is 2.00 bits per heavy atom. The molecule has 3 heteroatoms. The molecule has 0 radical (unpaired) electrons. The molecule has 1 aliphatic heterocycles. The Kier molecular flexibility index (Phi) is 4.70. The van der Waals surface area contributed by atoms with Crippen molar-refractivity contribution in [1.82, 2.24) is 5.32 Å². The summed E-state index contributed by atoms with van der Waals surface area (Å²) in [7, 11) is 0. The lowest BCUT2D eigenvalue weighted by atomic mass is 9.95. The number of nitrogens with one attached hydrogen (secondary N) is 1. The van der Waals surface area contributed by atoms with E-state index in [1.54, 1.807) is 0 Å². The fourth-order valence-corrected chi connectivity index (χ4v) is 1.82. The quantitative estimate of drug-likeness (QED) is 0.566. The van der Waals surface area contributed by atoms with Gasteiger partial charge in [0, 0.05) is 12.6 Å². The third-order valence-electron chi connectivity index (χ3n) is 2.74. The van der Waals surface area contributed by atoms with Crippen LogP contribution in [0.4, 0.5) is 0 Å².